The van der Waals surface area contributed by atoms with Crippen molar-refractivity contribution in [3.63, 3.8) is 0 Å². The molecule has 2 rings (SSSR count). The van der Waals surface area contributed by atoms with E-state index in [-0.39, 0.29) is 11.7 Å². The Morgan fingerprint density at radius 3 is 2.58 bits per heavy atom. The summed E-state index contributed by atoms with van der Waals surface area (Å²) in [5, 5.41) is 2.86. The molecule has 0 fully saturated rings. The monoisotopic (exact) mass is 326 g/mol. The number of aromatic nitrogens is 1. The fourth-order valence-corrected chi connectivity index (χ4v) is 2.18. The molecule has 0 saturated heterocycles. The van der Waals surface area contributed by atoms with E-state index in [4.69, 9.17) is 4.74 Å². The molecule has 1 N–H and O–H groups in total. The highest BCUT2D eigenvalue weighted by Crippen LogP contribution is 2.13. The van der Waals surface area contributed by atoms with E-state index < -0.39 is 0 Å². The molecule has 0 aliphatic rings. The summed E-state index contributed by atoms with van der Waals surface area (Å²) in [5.41, 5.74) is 2.61. The van der Waals surface area contributed by atoms with E-state index in [1.54, 1.807) is 30.5 Å². The first-order valence-corrected chi connectivity index (χ1v) is 7.97. The number of rotatable bonds is 8. The number of ketones is 1. The van der Waals surface area contributed by atoms with Crippen molar-refractivity contribution >= 4 is 11.7 Å². The number of nitrogens with one attached hydrogen (secondary N) is 1. The van der Waals surface area contributed by atoms with Gasteiger partial charge in [0.1, 0.15) is 5.75 Å². The summed E-state index contributed by atoms with van der Waals surface area (Å²) in [4.78, 5) is 27.3. The Morgan fingerprint density at radius 1 is 1.17 bits per heavy atom. The van der Waals surface area contributed by atoms with Crippen LogP contribution in [0.25, 0.3) is 0 Å². The second-order valence-electron chi connectivity index (χ2n) is 5.58. The number of amides is 1. The number of ether oxygens (including phenoxy) is 1. The molecule has 5 heteroatoms. The van der Waals surface area contributed by atoms with Gasteiger partial charge >= 0.3 is 0 Å². The Hall–Kier alpha value is -2.69. The van der Waals surface area contributed by atoms with Crippen LogP contribution in [0.2, 0.25) is 0 Å². The van der Waals surface area contributed by atoms with E-state index in [1.807, 2.05) is 19.1 Å². The molecular weight excluding hydrogens is 304 g/mol. The number of carbonyl (C=O) groups is 2. The molecule has 1 heterocycles. The Morgan fingerprint density at radius 2 is 1.92 bits per heavy atom. The number of nitrogens with zero attached hydrogens (tertiary/aromatic N) is 1. The van der Waals surface area contributed by atoms with Gasteiger partial charge in [-0.3, -0.25) is 14.6 Å². The lowest BCUT2D eigenvalue weighted by Gasteiger charge is -2.08. The van der Waals surface area contributed by atoms with Crippen LogP contribution in [0, 0.1) is 6.92 Å². The highest BCUT2D eigenvalue weighted by atomic mass is 16.5. The van der Waals surface area contributed by atoms with E-state index in [2.05, 4.69) is 10.3 Å². The number of Topliss-reactive ketones (excluding diaryl/α,β-unsaturated/α-hetero) is 1. The molecule has 0 saturated carbocycles. The molecule has 1 aromatic carbocycles. The van der Waals surface area contributed by atoms with Crippen LogP contribution in [0.1, 0.15) is 41.4 Å². The van der Waals surface area contributed by atoms with Crippen LogP contribution in [-0.4, -0.2) is 23.3 Å². The van der Waals surface area contributed by atoms with Gasteiger partial charge in [0.05, 0.1) is 18.8 Å². The Labute approximate surface area is 142 Å². The van der Waals surface area contributed by atoms with Crippen LogP contribution < -0.4 is 10.1 Å². The first-order valence-electron chi connectivity index (χ1n) is 7.97. The highest BCUT2D eigenvalue weighted by Gasteiger charge is 2.04. The van der Waals surface area contributed by atoms with Crippen LogP contribution in [0.5, 0.6) is 5.75 Å². The van der Waals surface area contributed by atoms with Crippen LogP contribution in [0.4, 0.5) is 0 Å². The standard InChI is InChI=1S/C19H22N2O3/c1-14-5-3-11-20-18(14)13-21-19(23)6-4-12-24-17-9-7-16(8-10-17)15(2)22/h3,5,7-11H,4,6,12-13H2,1-2H3,(H,21,23). The predicted molar refractivity (Wildman–Crippen MR) is 92.0 cm³/mol. The lowest BCUT2D eigenvalue weighted by Crippen LogP contribution is -2.23. The third kappa shape index (κ3) is 5.50. The van der Waals surface area contributed by atoms with Gasteiger partial charge in [0, 0.05) is 18.2 Å². The lowest BCUT2D eigenvalue weighted by molar-refractivity contribution is -0.121. The van der Waals surface area contributed by atoms with Crippen molar-refractivity contribution in [2.24, 2.45) is 0 Å². The number of benzene rings is 1. The molecule has 0 bridgehead atoms. The van der Waals surface area contributed by atoms with Crippen LogP contribution in [0.3, 0.4) is 0 Å². The van der Waals surface area contributed by atoms with Gasteiger partial charge < -0.3 is 10.1 Å². The van der Waals surface area contributed by atoms with E-state index in [9.17, 15) is 9.59 Å². The molecule has 1 amide bonds. The van der Waals surface area contributed by atoms with E-state index in [0.29, 0.717) is 37.3 Å². The second-order valence-corrected chi connectivity index (χ2v) is 5.58. The lowest BCUT2D eigenvalue weighted by atomic mass is 10.1. The zero-order valence-corrected chi connectivity index (χ0v) is 14.0. The predicted octanol–water partition coefficient (Wildman–Crippen LogP) is 3.07. The molecular formula is C19H22N2O3. The largest absolute Gasteiger partial charge is 0.494 e. The summed E-state index contributed by atoms with van der Waals surface area (Å²) in [6.45, 7) is 4.40. The zero-order valence-electron chi connectivity index (χ0n) is 14.0. The summed E-state index contributed by atoms with van der Waals surface area (Å²) in [6, 6.07) is 10.8. The molecule has 0 aliphatic carbocycles. The van der Waals surface area contributed by atoms with E-state index >= 15 is 0 Å². The molecule has 0 radical (unpaired) electrons. The topological polar surface area (TPSA) is 68.3 Å². The van der Waals surface area contributed by atoms with Crippen molar-refractivity contribution in [1.29, 1.82) is 0 Å². The summed E-state index contributed by atoms with van der Waals surface area (Å²) in [7, 11) is 0. The summed E-state index contributed by atoms with van der Waals surface area (Å²) in [6.07, 6.45) is 2.75. The third-order valence-corrected chi connectivity index (χ3v) is 3.65. The zero-order chi connectivity index (χ0) is 17.4. The minimum absolute atomic E-state index is 0.0180. The SMILES string of the molecule is CC(=O)c1ccc(OCCCC(=O)NCc2ncccc2C)cc1. The first-order chi connectivity index (χ1) is 11.6. The summed E-state index contributed by atoms with van der Waals surface area (Å²) < 4.78 is 5.57. The van der Waals surface area contributed by atoms with Crippen molar-refractivity contribution in [2.45, 2.75) is 33.2 Å². The molecule has 0 unspecified atom stereocenters. The fraction of sp³-hybridized carbons (Fsp3) is 0.316. The van der Waals surface area contributed by atoms with Crippen LogP contribution in [0.15, 0.2) is 42.6 Å². The van der Waals surface area contributed by atoms with Crippen molar-refractivity contribution < 1.29 is 14.3 Å². The molecule has 24 heavy (non-hydrogen) atoms. The second kappa shape index (κ2) is 8.82. The average molecular weight is 326 g/mol. The highest BCUT2D eigenvalue weighted by molar-refractivity contribution is 5.94. The van der Waals surface area contributed by atoms with Crippen molar-refractivity contribution in [3.8, 4) is 5.75 Å². The van der Waals surface area contributed by atoms with Crippen molar-refractivity contribution in [2.75, 3.05) is 6.61 Å². The van der Waals surface area contributed by atoms with Crippen molar-refractivity contribution in [3.05, 3.63) is 59.4 Å². The van der Waals surface area contributed by atoms with Gasteiger partial charge in [-0.15, -0.1) is 0 Å². The number of aryl methyl sites for hydroxylation is 1. The molecule has 0 spiro atoms. The number of hydrogen-bond donors (Lipinski definition) is 1. The van der Waals surface area contributed by atoms with Gasteiger partial charge in [0.2, 0.25) is 5.91 Å². The van der Waals surface area contributed by atoms with Gasteiger partial charge in [0.15, 0.2) is 5.78 Å². The molecule has 0 aliphatic heterocycles. The maximum atomic E-state index is 11.8. The smallest absolute Gasteiger partial charge is 0.220 e. The maximum absolute atomic E-state index is 11.8. The summed E-state index contributed by atoms with van der Waals surface area (Å²) >= 11 is 0. The van der Waals surface area contributed by atoms with Crippen LogP contribution >= 0.6 is 0 Å². The number of carbonyl (C=O) groups excluding carboxylic acids is 2. The quantitative estimate of drug-likeness (QED) is 0.598. The molecule has 0 atom stereocenters. The van der Waals surface area contributed by atoms with Gasteiger partial charge in [0.25, 0.3) is 0 Å². The average Bonchev–Trinajstić information content (AvgIpc) is 2.58. The van der Waals surface area contributed by atoms with Gasteiger partial charge in [-0.2, -0.15) is 0 Å². The van der Waals surface area contributed by atoms with Gasteiger partial charge in [-0.05, 0) is 56.2 Å². The fourth-order valence-electron chi connectivity index (χ4n) is 2.18. The number of pyridine rings is 1. The Kier molecular flexibility index (Phi) is 6.49. The maximum Gasteiger partial charge on any atom is 0.220 e. The van der Waals surface area contributed by atoms with Gasteiger partial charge in [-0.1, -0.05) is 6.07 Å². The minimum Gasteiger partial charge on any atom is -0.494 e. The molecule has 5 nitrogen and oxygen atoms in total. The normalized spacial score (nSPS) is 10.2. The first kappa shape index (κ1) is 17.7. The molecule has 2 aromatic rings. The molecule has 126 valence electrons. The van der Waals surface area contributed by atoms with E-state index in [1.165, 1.54) is 6.92 Å². The minimum atomic E-state index is -0.0180. The van der Waals surface area contributed by atoms with E-state index in [0.717, 1.165) is 11.3 Å². The Bertz CT molecular complexity index is 696. The van der Waals surface area contributed by atoms with Crippen molar-refractivity contribution in [1.82, 2.24) is 10.3 Å². The van der Waals surface area contributed by atoms with Gasteiger partial charge in [-0.25, -0.2) is 0 Å². The summed E-state index contributed by atoms with van der Waals surface area (Å²) in [5.74, 6) is 0.710. The number of hydrogen-bond acceptors (Lipinski definition) is 4. The van der Waals surface area contributed by atoms with Crippen LogP contribution in [-0.2, 0) is 11.3 Å². The molecule has 1 aromatic heterocycles. The Balaban J connectivity index is 1.65. The third-order valence-electron chi connectivity index (χ3n) is 3.65.